The van der Waals surface area contributed by atoms with Crippen molar-refractivity contribution in [1.29, 1.82) is 0 Å². The maximum atomic E-state index is 6.02. The van der Waals surface area contributed by atoms with Crippen LogP contribution in [0, 0.1) is 0 Å². The summed E-state index contributed by atoms with van der Waals surface area (Å²) in [5, 5.41) is 1.20. The van der Waals surface area contributed by atoms with Crippen molar-refractivity contribution in [2.45, 2.75) is 13.2 Å². The molecule has 1 aromatic carbocycles. The first-order valence-electron chi connectivity index (χ1n) is 5.17. The predicted molar refractivity (Wildman–Crippen MR) is 69.2 cm³/mol. The molecule has 4 heteroatoms. The lowest BCUT2D eigenvalue weighted by molar-refractivity contribution is 0.107. The van der Waals surface area contributed by atoms with E-state index in [0.717, 1.165) is 16.1 Å². The Labute approximate surface area is 110 Å². The van der Waals surface area contributed by atoms with Crippen LogP contribution >= 0.6 is 23.2 Å². The summed E-state index contributed by atoms with van der Waals surface area (Å²) in [4.78, 5) is 3.91. The molecule has 0 spiro atoms. The molecule has 0 saturated heterocycles. The third kappa shape index (κ3) is 3.70. The molecule has 0 aliphatic carbocycles. The Hall–Kier alpha value is -1.09. The van der Waals surface area contributed by atoms with Crippen molar-refractivity contribution in [3.63, 3.8) is 0 Å². The van der Waals surface area contributed by atoms with Crippen LogP contribution in [0.25, 0.3) is 0 Å². The highest BCUT2D eigenvalue weighted by atomic mass is 35.5. The van der Waals surface area contributed by atoms with Gasteiger partial charge >= 0.3 is 0 Å². The van der Waals surface area contributed by atoms with Crippen LogP contribution in [-0.4, -0.2) is 4.98 Å². The average Bonchev–Trinajstić information content (AvgIpc) is 2.32. The molecule has 2 aromatic rings. The first-order valence-corrected chi connectivity index (χ1v) is 5.93. The van der Waals surface area contributed by atoms with Gasteiger partial charge in [0.05, 0.1) is 13.2 Å². The van der Waals surface area contributed by atoms with Crippen LogP contribution in [0.1, 0.15) is 11.1 Å². The van der Waals surface area contributed by atoms with Gasteiger partial charge in [0.15, 0.2) is 0 Å². The molecule has 0 atom stereocenters. The SMILES string of the molecule is Clc1cc(COCc2ccccc2Cl)ccn1. The quantitative estimate of drug-likeness (QED) is 0.778. The maximum absolute atomic E-state index is 6.02. The number of nitrogens with zero attached hydrogens (tertiary/aromatic N) is 1. The van der Waals surface area contributed by atoms with E-state index in [2.05, 4.69) is 4.98 Å². The Kier molecular flexibility index (Phi) is 4.37. The minimum Gasteiger partial charge on any atom is -0.372 e. The van der Waals surface area contributed by atoms with Crippen molar-refractivity contribution >= 4 is 23.2 Å². The smallest absolute Gasteiger partial charge is 0.129 e. The molecule has 0 bridgehead atoms. The predicted octanol–water partition coefficient (Wildman–Crippen LogP) is 4.11. The normalized spacial score (nSPS) is 10.5. The highest BCUT2D eigenvalue weighted by Gasteiger charge is 2.00. The second-order valence-electron chi connectivity index (χ2n) is 3.57. The van der Waals surface area contributed by atoms with Crippen molar-refractivity contribution in [3.8, 4) is 0 Å². The van der Waals surface area contributed by atoms with Gasteiger partial charge in [0, 0.05) is 11.2 Å². The van der Waals surface area contributed by atoms with E-state index in [1.165, 1.54) is 0 Å². The summed E-state index contributed by atoms with van der Waals surface area (Å²) in [6.45, 7) is 0.979. The molecule has 0 saturated carbocycles. The molecule has 17 heavy (non-hydrogen) atoms. The highest BCUT2D eigenvalue weighted by molar-refractivity contribution is 6.31. The summed E-state index contributed by atoms with van der Waals surface area (Å²) >= 11 is 11.8. The molecule has 0 aliphatic heterocycles. The largest absolute Gasteiger partial charge is 0.372 e. The van der Waals surface area contributed by atoms with Gasteiger partial charge in [0.2, 0.25) is 0 Å². The number of halogens is 2. The van der Waals surface area contributed by atoms with Crippen LogP contribution in [-0.2, 0) is 18.0 Å². The van der Waals surface area contributed by atoms with Gasteiger partial charge in [-0.25, -0.2) is 4.98 Å². The van der Waals surface area contributed by atoms with Gasteiger partial charge in [-0.3, -0.25) is 0 Å². The summed E-state index contributed by atoms with van der Waals surface area (Å²) in [5.74, 6) is 0. The third-order valence-electron chi connectivity index (χ3n) is 2.28. The number of hydrogen-bond donors (Lipinski definition) is 0. The molecule has 0 N–H and O–H groups in total. The fourth-order valence-corrected chi connectivity index (χ4v) is 1.81. The van der Waals surface area contributed by atoms with E-state index in [4.69, 9.17) is 27.9 Å². The number of hydrogen-bond acceptors (Lipinski definition) is 2. The molecule has 1 aromatic heterocycles. The summed E-state index contributed by atoms with van der Waals surface area (Å²) in [6, 6.07) is 11.3. The minimum atomic E-state index is 0.476. The van der Waals surface area contributed by atoms with E-state index < -0.39 is 0 Å². The zero-order valence-corrected chi connectivity index (χ0v) is 10.6. The Bertz CT molecular complexity index is 502. The van der Waals surface area contributed by atoms with Crippen molar-refractivity contribution in [1.82, 2.24) is 4.98 Å². The second-order valence-corrected chi connectivity index (χ2v) is 4.37. The fraction of sp³-hybridized carbons (Fsp3) is 0.154. The fourth-order valence-electron chi connectivity index (χ4n) is 1.43. The molecule has 1 heterocycles. The minimum absolute atomic E-state index is 0.476. The Morgan fingerprint density at radius 3 is 2.65 bits per heavy atom. The lowest BCUT2D eigenvalue weighted by Crippen LogP contribution is -1.95. The van der Waals surface area contributed by atoms with Crippen molar-refractivity contribution in [2.75, 3.05) is 0 Å². The topological polar surface area (TPSA) is 22.1 Å². The van der Waals surface area contributed by atoms with E-state index in [1.54, 1.807) is 12.3 Å². The molecular formula is C13H11Cl2NO. The first kappa shape index (κ1) is 12.4. The third-order valence-corrected chi connectivity index (χ3v) is 2.85. The highest BCUT2D eigenvalue weighted by Crippen LogP contribution is 2.16. The van der Waals surface area contributed by atoms with Gasteiger partial charge in [-0.1, -0.05) is 41.4 Å². The molecule has 2 rings (SSSR count). The monoisotopic (exact) mass is 267 g/mol. The average molecular weight is 268 g/mol. The standard InChI is InChI=1S/C13H11Cl2NO/c14-12-4-2-1-3-11(12)9-17-8-10-5-6-16-13(15)7-10/h1-7H,8-9H2. The van der Waals surface area contributed by atoms with Crippen molar-refractivity contribution in [3.05, 3.63) is 63.9 Å². The van der Waals surface area contributed by atoms with Crippen LogP contribution in [0.4, 0.5) is 0 Å². The van der Waals surface area contributed by atoms with Crippen molar-refractivity contribution < 1.29 is 4.74 Å². The zero-order chi connectivity index (χ0) is 12.1. The summed E-state index contributed by atoms with van der Waals surface area (Å²) in [6.07, 6.45) is 1.66. The van der Waals surface area contributed by atoms with Gasteiger partial charge in [0.1, 0.15) is 5.15 Å². The zero-order valence-electron chi connectivity index (χ0n) is 9.07. The maximum Gasteiger partial charge on any atom is 0.129 e. The molecule has 0 radical (unpaired) electrons. The second kappa shape index (κ2) is 6.01. The van der Waals surface area contributed by atoms with E-state index in [1.807, 2.05) is 30.3 Å². The van der Waals surface area contributed by atoms with Crippen LogP contribution in [0.2, 0.25) is 10.2 Å². The molecule has 0 unspecified atom stereocenters. The Balaban J connectivity index is 1.90. The van der Waals surface area contributed by atoms with Crippen LogP contribution in [0.3, 0.4) is 0 Å². The Morgan fingerprint density at radius 1 is 1.06 bits per heavy atom. The number of ether oxygens (including phenoxy) is 1. The number of pyridine rings is 1. The molecule has 0 amide bonds. The summed E-state index contributed by atoms with van der Waals surface area (Å²) in [7, 11) is 0. The number of rotatable bonds is 4. The summed E-state index contributed by atoms with van der Waals surface area (Å²) < 4.78 is 5.57. The number of benzene rings is 1. The van der Waals surface area contributed by atoms with Gasteiger partial charge in [-0.05, 0) is 29.3 Å². The van der Waals surface area contributed by atoms with E-state index in [-0.39, 0.29) is 0 Å². The first-order chi connectivity index (χ1) is 8.25. The van der Waals surface area contributed by atoms with Crippen LogP contribution in [0.15, 0.2) is 42.6 Å². The molecule has 0 aliphatic rings. The van der Waals surface area contributed by atoms with Gasteiger partial charge < -0.3 is 4.74 Å². The van der Waals surface area contributed by atoms with E-state index in [9.17, 15) is 0 Å². The van der Waals surface area contributed by atoms with Crippen LogP contribution in [0.5, 0.6) is 0 Å². The molecular weight excluding hydrogens is 257 g/mol. The van der Waals surface area contributed by atoms with Crippen molar-refractivity contribution in [2.24, 2.45) is 0 Å². The van der Waals surface area contributed by atoms with Gasteiger partial charge in [-0.2, -0.15) is 0 Å². The molecule has 0 fully saturated rings. The number of aromatic nitrogens is 1. The lowest BCUT2D eigenvalue weighted by atomic mass is 10.2. The van der Waals surface area contributed by atoms with E-state index >= 15 is 0 Å². The van der Waals surface area contributed by atoms with Crippen LogP contribution < -0.4 is 0 Å². The lowest BCUT2D eigenvalue weighted by Gasteiger charge is -2.06. The van der Waals surface area contributed by atoms with Gasteiger partial charge in [-0.15, -0.1) is 0 Å². The molecule has 2 nitrogen and oxygen atoms in total. The summed E-state index contributed by atoms with van der Waals surface area (Å²) in [5.41, 5.74) is 1.98. The van der Waals surface area contributed by atoms with E-state index in [0.29, 0.717) is 18.4 Å². The molecule has 88 valence electrons. The Morgan fingerprint density at radius 2 is 1.88 bits per heavy atom. The van der Waals surface area contributed by atoms with Gasteiger partial charge in [0.25, 0.3) is 0 Å².